The molecule has 0 unspecified atom stereocenters. The zero-order valence-corrected chi connectivity index (χ0v) is 18.6. The molecule has 1 saturated heterocycles. The third-order valence-electron chi connectivity index (χ3n) is 5.25. The number of para-hydroxylation sites is 1. The number of methoxy groups -OCH3 is 1. The second-order valence-corrected chi connectivity index (χ2v) is 8.33. The average molecular weight is 429 g/mol. The summed E-state index contributed by atoms with van der Waals surface area (Å²) in [4.78, 5) is 20.7. The van der Waals surface area contributed by atoms with Crippen LogP contribution in [0, 0.1) is 6.92 Å². The van der Waals surface area contributed by atoms with E-state index in [-0.39, 0.29) is 11.9 Å². The molecule has 4 rings (SSSR count). The normalized spacial score (nSPS) is 17.4. The molecule has 0 radical (unpaired) electrons. The fourth-order valence-electron chi connectivity index (χ4n) is 3.48. The number of carbonyl (C=O) groups excluding carboxylic acids is 1. The largest absolute Gasteiger partial charge is 0.497 e. The molecule has 1 amide bonds. The average Bonchev–Trinajstić information content (AvgIpc) is 3.10. The van der Waals surface area contributed by atoms with Crippen LogP contribution in [0.5, 0.6) is 5.75 Å². The summed E-state index contributed by atoms with van der Waals surface area (Å²) in [6.07, 6.45) is 1.94. The van der Waals surface area contributed by atoms with Crippen molar-refractivity contribution in [2.45, 2.75) is 19.9 Å². The first-order valence-electron chi connectivity index (χ1n) is 10.1. The lowest BCUT2D eigenvalue weighted by Crippen LogP contribution is -2.32. The summed E-state index contributed by atoms with van der Waals surface area (Å²) in [7, 11) is 1.65. The molecule has 1 aliphatic rings. The molecule has 1 atom stereocenters. The van der Waals surface area contributed by atoms with E-state index in [4.69, 9.17) is 9.73 Å². The van der Waals surface area contributed by atoms with Crippen molar-refractivity contribution in [1.82, 2.24) is 4.90 Å². The maximum atomic E-state index is 13.5. The molecule has 4 nitrogen and oxygen atoms in total. The van der Waals surface area contributed by atoms with Crippen molar-refractivity contribution in [3.63, 3.8) is 0 Å². The number of benzene rings is 3. The number of carbonyl (C=O) groups is 1. The number of ether oxygens (including phenoxy) is 1. The second kappa shape index (κ2) is 9.23. The molecular weight excluding hydrogens is 404 g/mol. The van der Waals surface area contributed by atoms with Crippen molar-refractivity contribution >= 4 is 34.6 Å². The molecule has 1 heterocycles. The van der Waals surface area contributed by atoms with E-state index >= 15 is 0 Å². The van der Waals surface area contributed by atoms with Gasteiger partial charge < -0.3 is 4.74 Å². The smallest absolute Gasteiger partial charge is 0.267 e. The minimum atomic E-state index is -0.133. The van der Waals surface area contributed by atoms with Crippen LogP contribution in [0.15, 0.2) is 88.8 Å². The number of aliphatic imine (C=N–C) groups is 1. The van der Waals surface area contributed by atoms with Crippen LogP contribution in [-0.2, 0) is 4.79 Å². The van der Waals surface area contributed by atoms with Gasteiger partial charge in [0.1, 0.15) is 5.75 Å². The fraction of sp³-hybridized carbons (Fsp3) is 0.154. The molecule has 31 heavy (non-hydrogen) atoms. The van der Waals surface area contributed by atoms with E-state index in [0.717, 1.165) is 28.1 Å². The number of amides is 1. The number of aryl methyl sites for hydroxylation is 1. The maximum Gasteiger partial charge on any atom is 0.267 e. The molecule has 3 aromatic carbocycles. The molecule has 5 heteroatoms. The summed E-state index contributed by atoms with van der Waals surface area (Å²) >= 11 is 1.41. The third kappa shape index (κ3) is 4.57. The quantitative estimate of drug-likeness (QED) is 0.444. The Labute approximate surface area is 187 Å². The molecule has 156 valence electrons. The zero-order chi connectivity index (χ0) is 21.8. The number of nitrogens with zero attached hydrogens (tertiary/aromatic N) is 2. The van der Waals surface area contributed by atoms with Gasteiger partial charge in [0.05, 0.1) is 23.7 Å². The minimum absolute atomic E-state index is 0.0359. The number of rotatable bonds is 5. The van der Waals surface area contributed by atoms with Gasteiger partial charge in [-0.2, -0.15) is 0 Å². The van der Waals surface area contributed by atoms with Crippen LogP contribution in [0.1, 0.15) is 29.7 Å². The topological polar surface area (TPSA) is 41.9 Å². The third-order valence-corrected chi connectivity index (χ3v) is 6.23. The van der Waals surface area contributed by atoms with Gasteiger partial charge in [-0.15, -0.1) is 0 Å². The van der Waals surface area contributed by atoms with Crippen molar-refractivity contribution in [2.24, 2.45) is 4.99 Å². The number of hydrogen-bond donors (Lipinski definition) is 0. The number of amidine groups is 1. The van der Waals surface area contributed by atoms with Crippen molar-refractivity contribution < 1.29 is 9.53 Å². The summed E-state index contributed by atoms with van der Waals surface area (Å²) in [5, 5.41) is 0.685. The Morgan fingerprint density at radius 1 is 1.00 bits per heavy atom. The monoisotopic (exact) mass is 428 g/mol. The van der Waals surface area contributed by atoms with Gasteiger partial charge in [0.2, 0.25) is 0 Å². The van der Waals surface area contributed by atoms with Crippen molar-refractivity contribution in [2.75, 3.05) is 7.11 Å². The van der Waals surface area contributed by atoms with E-state index < -0.39 is 0 Å². The summed E-state index contributed by atoms with van der Waals surface area (Å²) in [5.74, 6) is 0.766. The first-order chi connectivity index (χ1) is 15.1. The first kappa shape index (κ1) is 20.9. The standard InChI is InChI=1S/C26H24N2O2S/c1-18-16-23(30-3)15-14-21(18)17-24-25(29)28(19(2)20-10-6-4-7-11-20)26(31-24)27-22-12-8-5-9-13-22/h4-17,19H,1-3H3/b24-17+,27-26?/t19-/m1/s1. The van der Waals surface area contributed by atoms with Crippen LogP contribution < -0.4 is 4.74 Å². The first-order valence-corrected chi connectivity index (χ1v) is 10.9. The predicted molar refractivity (Wildman–Crippen MR) is 129 cm³/mol. The summed E-state index contributed by atoms with van der Waals surface area (Å²) in [6, 6.07) is 25.5. The summed E-state index contributed by atoms with van der Waals surface area (Å²) in [6.45, 7) is 4.05. The van der Waals surface area contributed by atoms with Crippen LogP contribution >= 0.6 is 11.8 Å². The SMILES string of the molecule is COc1ccc(/C=C2/SC(=Nc3ccccc3)N([C@H](C)c3ccccc3)C2=O)c(C)c1. The van der Waals surface area contributed by atoms with Crippen molar-refractivity contribution in [3.8, 4) is 5.75 Å². The summed E-state index contributed by atoms with van der Waals surface area (Å²) < 4.78 is 5.30. The van der Waals surface area contributed by atoms with Crippen molar-refractivity contribution in [3.05, 3.63) is 100 Å². The highest BCUT2D eigenvalue weighted by molar-refractivity contribution is 8.18. The molecule has 0 aliphatic carbocycles. The highest BCUT2D eigenvalue weighted by atomic mass is 32.2. The van der Waals surface area contributed by atoms with Gasteiger partial charge in [0.15, 0.2) is 5.17 Å². The number of thioether (sulfide) groups is 1. The van der Waals surface area contributed by atoms with Crippen LogP contribution in [0.2, 0.25) is 0 Å². The fourth-order valence-corrected chi connectivity index (χ4v) is 4.54. The van der Waals surface area contributed by atoms with E-state index in [9.17, 15) is 4.79 Å². The van der Waals surface area contributed by atoms with Gasteiger partial charge in [0, 0.05) is 0 Å². The van der Waals surface area contributed by atoms with E-state index in [2.05, 4.69) is 0 Å². The van der Waals surface area contributed by atoms with E-state index in [1.807, 2.05) is 98.8 Å². The minimum Gasteiger partial charge on any atom is -0.497 e. The Morgan fingerprint density at radius 3 is 2.32 bits per heavy atom. The predicted octanol–water partition coefficient (Wildman–Crippen LogP) is 6.37. The van der Waals surface area contributed by atoms with Crippen LogP contribution in [-0.4, -0.2) is 23.1 Å². The van der Waals surface area contributed by atoms with Gasteiger partial charge in [-0.3, -0.25) is 9.69 Å². The molecule has 3 aromatic rings. The Balaban J connectivity index is 1.74. The van der Waals surface area contributed by atoms with E-state index in [1.54, 1.807) is 12.0 Å². The molecule has 0 bridgehead atoms. The van der Waals surface area contributed by atoms with E-state index in [0.29, 0.717) is 10.1 Å². The van der Waals surface area contributed by atoms with Gasteiger partial charge in [-0.1, -0.05) is 54.6 Å². The van der Waals surface area contributed by atoms with Crippen molar-refractivity contribution in [1.29, 1.82) is 0 Å². The Morgan fingerprint density at radius 2 is 1.68 bits per heavy atom. The van der Waals surface area contributed by atoms with Gasteiger partial charge in [-0.25, -0.2) is 4.99 Å². The summed E-state index contributed by atoms with van der Waals surface area (Å²) in [5.41, 5.74) is 3.94. The Bertz CT molecular complexity index is 1140. The number of hydrogen-bond acceptors (Lipinski definition) is 4. The lowest BCUT2D eigenvalue weighted by molar-refractivity contribution is -0.123. The Hall–Kier alpha value is -3.31. The van der Waals surface area contributed by atoms with Crippen LogP contribution in [0.3, 0.4) is 0 Å². The molecule has 1 fully saturated rings. The Kier molecular flexibility index (Phi) is 6.23. The molecule has 0 N–H and O–H groups in total. The zero-order valence-electron chi connectivity index (χ0n) is 17.8. The van der Waals surface area contributed by atoms with Gasteiger partial charge >= 0.3 is 0 Å². The maximum absolute atomic E-state index is 13.5. The van der Waals surface area contributed by atoms with Crippen LogP contribution in [0.25, 0.3) is 6.08 Å². The van der Waals surface area contributed by atoms with E-state index in [1.165, 1.54) is 11.8 Å². The highest BCUT2D eigenvalue weighted by Crippen LogP contribution is 2.39. The lowest BCUT2D eigenvalue weighted by Gasteiger charge is -2.24. The second-order valence-electron chi connectivity index (χ2n) is 7.32. The van der Waals surface area contributed by atoms with Crippen LogP contribution in [0.4, 0.5) is 5.69 Å². The molecule has 0 aromatic heterocycles. The molecule has 0 saturated carbocycles. The molecular formula is C26H24N2O2S. The molecule has 1 aliphatic heterocycles. The highest BCUT2D eigenvalue weighted by Gasteiger charge is 2.37. The van der Waals surface area contributed by atoms with Gasteiger partial charge in [0.25, 0.3) is 5.91 Å². The lowest BCUT2D eigenvalue weighted by atomic mass is 10.1. The van der Waals surface area contributed by atoms with Gasteiger partial charge in [-0.05, 0) is 72.6 Å². The molecule has 0 spiro atoms.